The van der Waals surface area contributed by atoms with Gasteiger partial charge in [-0.2, -0.15) is 0 Å². The molecule has 0 radical (unpaired) electrons. The third-order valence-electron chi connectivity index (χ3n) is 32.4. The number of halogens is 2. The minimum Gasteiger partial charge on any atom is -0.455 e. The van der Waals surface area contributed by atoms with Gasteiger partial charge in [0.2, 0.25) is 1.43 Å². The summed E-state index contributed by atoms with van der Waals surface area (Å²) in [5.74, 6) is -11.3. The smallest absolute Gasteiger partial charge is 0.338 e. The summed E-state index contributed by atoms with van der Waals surface area (Å²) in [4.78, 5) is 133. The van der Waals surface area contributed by atoms with Gasteiger partial charge >= 0.3 is 53.7 Å². The largest absolute Gasteiger partial charge is 0.455 e. The molecule has 3 unspecified atom stereocenters. The van der Waals surface area contributed by atoms with Crippen molar-refractivity contribution in [2.45, 2.75) is 321 Å². The summed E-state index contributed by atoms with van der Waals surface area (Å²) in [6.07, 6.45) is -23.8. The summed E-state index contributed by atoms with van der Waals surface area (Å²) in [5, 5.41) is 126. The maximum absolute atomic E-state index is 14.8. The number of ether oxygens (including phenoxy) is 12. The predicted molar refractivity (Wildman–Crippen MR) is 486 cm³/mol. The predicted octanol–water partition coefficient (Wildman–Crippen LogP) is 7.31. The van der Waals surface area contributed by atoms with Gasteiger partial charge in [-0.1, -0.05) is 131 Å². The molecule has 0 amide bonds. The number of nitrogens with zero attached hydrogens (tertiary/aromatic N) is 1. The van der Waals surface area contributed by atoms with Crippen molar-refractivity contribution in [3.8, 4) is 0 Å². The third kappa shape index (κ3) is 17.9. The standard InChI is InChI=1S/2C31H40O11.C31H38O11.C6H15N.CH2Cl2/c3*1-15-19(34)13-31(38)26(41-27(37)18-10-8-7-9-11-18)24-29(6,20(35)12-21-30(24,14-39-21)42-17(3)33)25(36)23(40-16(2)32)22(15)28(31,4)5;1-4-7(5-2)6-3;2-1-3/h2*7-11,19-21,23-26,34-36,38H,12-14H2,1-6H3;7-11,19-21,23-24,26,34-35,38H,12-14H2,1-6H3;4-6H2,1-3H3;1H2/t2*19-,20-,21+,23+,24?,25+,26-,29+,30-,31+;19-,20-,21+,23+,24?,26-,29+,30-,31+;;/m000../s1/i35T;;;;. The number of esters is 9. The second-order valence-corrected chi connectivity index (χ2v) is 41.2. The second kappa shape index (κ2) is 40.0. The van der Waals surface area contributed by atoms with Crippen LogP contribution in [0.3, 0.4) is 0 Å². The lowest BCUT2D eigenvalue weighted by Crippen LogP contribution is -2.82. The summed E-state index contributed by atoms with van der Waals surface area (Å²) in [6, 6.07) is 24.3. The van der Waals surface area contributed by atoms with Crippen molar-refractivity contribution in [2.24, 2.45) is 50.2 Å². The Morgan fingerprint density at radius 2 is 0.691 bits per heavy atom. The molecule has 3 heterocycles. The van der Waals surface area contributed by atoms with Gasteiger partial charge in [-0.15, -0.1) is 23.2 Å². The summed E-state index contributed by atoms with van der Waals surface area (Å²) >= 11 is 9.53. The highest BCUT2D eigenvalue weighted by Crippen LogP contribution is 2.70. The molecule has 136 heavy (non-hydrogen) atoms. The fourth-order valence-electron chi connectivity index (χ4n) is 24.9. The average molecular weight is 1950 g/mol. The average Bonchev–Trinajstić information content (AvgIpc) is 0.676. The first kappa shape index (κ1) is 107. The van der Waals surface area contributed by atoms with Gasteiger partial charge in [0.1, 0.15) is 65.6 Å². The number of carbonyl (C=O) groups excluding carboxylic acids is 10. The molecule has 11 N–H and O–H groups in total. The number of hydrogen-bond acceptors (Lipinski definition) is 34. The van der Waals surface area contributed by atoms with E-state index < -0.39 is 247 Å². The molecule has 3 aromatic rings. The van der Waals surface area contributed by atoms with Crippen LogP contribution in [0.25, 0.3) is 0 Å². The first-order valence-electron chi connectivity index (χ1n) is 46.6. The van der Waals surface area contributed by atoms with Crippen molar-refractivity contribution < 1.29 is 161 Å². The zero-order valence-electron chi connectivity index (χ0n) is 82.0. The van der Waals surface area contributed by atoms with Crippen LogP contribution >= 0.6 is 23.2 Å². The zero-order chi connectivity index (χ0) is 102. The lowest BCUT2D eigenvalue weighted by molar-refractivity contribution is -0.365. The molecule has 9 aliphatic carbocycles. The molecule has 6 bridgehead atoms. The fourth-order valence-corrected chi connectivity index (χ4v) is 24.9. The second-order valence-electron chi connectivity index (χ2n) is 40.4. The molecule has 3 aliphatic heterocycles. The Bertz CT molecular complexity index is 5100. The number of alkyl halides is 2. The third-order valence-corrected chi connectivity index (χ3v) is 32.4. The number of benzene rings is 3. The number of hydrogen-bond donors (Lipinski definition) is 11. The Labute approximate surface area is 803 Å². The van der Waals surface area contributed by atoms with Crippen LogP contribution in [0.5, 0.6) is 0 Å². The molecular formula is C100H135Cl2NO33. The number of aliphatic hydroxyl groups is 11. The quantitative estimate of drug-likeness (QED) is 0.0290. The van der Waals surface area contributed by atoms with E-state index in [2.05, 4.69) is 25.7 Å². The van der Waals surface area contributed by atoms with E-state index in [1.54, 1.807) is 155 Å². The Hall–Kier alpha value is -8.24. The highest BCUT2D eigenvalue weighted by Gasteiger charge is 2.83. The minimum absolute atomic E-state index is 0.00938. The van der Waals surface area contributed by atoms with Crippen molar-refractivity contribution in [1.82, 2.24) is 4.90 Å². The van der Waals surface area contributed by atoms with Gasteiger partial charge in [-0.05, 0) is 117 Å². The van der Waals surface area contributed by atoms with E-state index in [-0.39, 0.29) is 97.1 Å². The first-order chi connectivity index (χ1) is 63.9. The van der Waals surface area contributed by atoms with E-state index in [1.807, 2.05) is 0 Å². The van der Waals surface area contributed by atoms with Crippen LogP contribution in [-0.2, 0) is 90.4 Å². The Kier molecular flexibility index (Phi) is 31.4. The molecule has 15 rings (SSSR count). The van der Waals surface area contributed by atoms with Gasteiger partial charge in [-0.25, -0.2) is 14.4 Å². The van der Waals surface area contributed by atoms with Crippen molar-refractivity contribution >= 4 is 82.7 Å². The Morgan fingerprint density at radius 1 is 0.412 bits per heavy atom. The Balaban J connectivity index is 0.000000187. The molecule has 34 nitrogen and oxygen atoms in total. The summed E-state index contributed by atoms with van der Waals surface area (Å²) in [6.45, 7) is 36.1. The van der Waals surface area contributed by atoms with E-state index in [9.17, 15) is 99.0 Å². The first-order valence-corrected chi connectivity index (χ1v) is 47.2. The van der Waals surface area contributed by atoms with Crippen LogP contribution in [-0.4, -0.2) is 304 Å². The van der Waals surface area contributed by atoms with Gasteiger partial charge < -0.3 is 118 Å². The van der Waals surface area contributed by atoms with E-state index in [1.165, 1.54) is 73.3 Å². The summed E-state index contributed by atoms with van der Waals surface area (Å²) in [7, 11) is 0. The van der Waals surface area contributed by atoms with Crippen LogP contribution in [0.1, 0.15) is 215 Å². The van der Waals surface area contributed by atoms with Gasteiger partial charge in [0.15, 0.2) is 40.9 Å². The number of fused-ring (bicyclic) bond motifs is 15. The molecule has 9 fully saturated rings. The summed E-state index contributed by atoms with van der Waals surface area (Å²) in [5.41, 5.74) is -18.0. The lowest BCUT2D eigenvalue weighted by atomic mass is 9.44. The van der Waals surface area contributed by atoms with Gasteiger partial charge in [0.25, 0.3) is 0 Å². The summed E-state index contributed by atoms with van der Waals surface area (Å²) < 4.78 is 79.2. The van der Waals surface area contributed by atoms with E-state index in [4.69, 9.17) is 86.6 Å². The molecule has 3 saturated heterocycles. The number of rotatable bonds is 16. The van der Waals surface area contributed by atoms with Crippen LogP contribution in [0.15, 0.2) is 124 Å². The molecule has 0 aromatic heterocycles. The highest BCUT2D eigenvalue weighted by molar-refractivity contribution is 6.40. The lowest BCUT2D eigenvalue weighted by Gasteiger charge is -2.69. The number of carbonyl (C=O) groups is 10. The molecule has 3 aromatic carbocycles. The number of ketones is 1. The van der Waals surface area contributed by atoms with Gasteiger partial charge in [0, 0.05) is 107 Å². The topological polar surface area (TPSA) is 507 Å². The number of aliphatic hydroxyl groups excluding tert-OH is 8. The SMILES string of the molecule is CC(=O)O[C@@H]1C2=C(C)[C@@H](O)C[C@@](O)([C@@H](OC(=O)c3ccccc3)C3[C@](C)([C@@H]1O)[C@@H](O)C[C@H]1OC[C@@]31OC(C)=O)C2(C)C.CC(=O)O[C@H]1C(=O)[C@@]2(C)C([C@H](OC(=O)c3ccccc3)[C@]3(O)C[C@H](O)C(C)=C1C3(C)C)[C@]1(OC(C)=O)CO[C@@H]1C[C@@H]2O.CCN(CC)CC.ClCCl.[3H]O[C@H]1C[C@H]2OC[C@@]2(OC(C)=O)C2[C@H](OC(=O)c3ccccc3)[C@]3(O)C[C@H](O)C(C)=C([C@@H](OC(C)=O)[C@@H](O)[C@@]21C)C3(C)C. The molecule has 0 spiro atoms. The molecule has 6 saturated carbocycles. The number of Topliss-reactive ketones (excluding diaryl/α,β-unsaturated/α-hetero) is 1. The van der Waals surface area contributed by atoms with E-state index in [0.717, 1.165) is 6.92 Å². The molecular weight excluding hydrogens is 1810 g/mol. The molecule has 29 atom stereocenters. The maximum Gasteiger partial charge on any atom is 0.338 e. The van der Waals surface area contributed by atoms with Gasteiger partial charge in [0.05, 0.1) is 102 Å². The molecule has 752 valence electrons. The van der Waals surface area contributed by atoms with E-state index >= 15 is 0 Å². The maximum atomic E-state index is 14.8. The van der Waals surface area contributed by atoms with Crippen molar-refractivity contribution in [1.29, 1.82) is 1.43 Å². The Morgan fingerprint density at radius 3 is 0.971 bits per heavy atom. The van der Waals surface area contributed by atoms with Crippen LogP contribution in [0.2, 0.25) is 0 Å². The van der Waals surface area contributed by atoms with Crippen molar-refractivity contribution in [3.63, 3.8) is 0 Å². The van der Waals surface area contributed by atoms with Gasteiger partial charge in [-0.3, -0.25) is 33.6 Å². The van der Waals surface area contributed by atoms with Crippen LogP contribution in [0.4, 0.5) is 0 Å². The van der Waals surface area contributed by atoms with Crippen molar-refractivity contribution in [2.75, 3.05) is 44.8 Å². The molecule has 12 aliphatic rings. The highest BCUT2D eigenvalue weighted by atomic mass is 35.5. The van der Waals surface area contributed by atoms with Crippen molar-refractivity contribution in [3.05, 3.63) is 141 Å². The fraction of sp³-hybridized carbons (Fsp3) is 0.660. The zero-order valence-corrected chi connectivity index (χ0v) is 82.5. The van der Waals surface area contributed by atoms with E-state index in [0.29, 0.717) is 16.7 Å². The molecule has 36 heteroatoms. The van der Waals surface area contributed by atoms with Crippen LogP contribution < -0.4 is 0 Å². The monoisotopic (exact) mass is 1950 g/mol. The minimum atomic E-state index is -2.11. The van der Waals surface area contributed by atoms with Crippen LogP contribution in [0, 0.1) is 50.2 Å². The normalized spacial score (nSPS) is 39.2.